The van der Waals surface area contributed by atoms with E-state index in [0.717, 1.165) is 16.3 Å². The molecule has 19 heavy (non-hydrogen) atoms. The molecule has 0 aliphatic rings. The summed E-state index contributed by atoms with van der Waals surface area (Å²) in [5, 5.41) is 11.5. The number of hydrogen-bond acceptors (Lipinski definition) is 2. The van der Waals surface area contributed by atoms with Crippen LogP contribution in [0, 0.1) is 0 Å². The second kappa shape index (κ2) is 3.82. The number of carbonyl (C=O) groups is 1. The standard InChI is InChI=1S/C15H14N2O2/c1-15(2,14(18)19)17-12-8-4-3-6-10(12)11-7-5-9-16-13(11)17/h3-9H,1-2H3,(H,18,19). The molecule has 0 atom stereocenters. The van der Waals surface area contributed by atoms with Gasteiger partial charge in [0.25, 0.3) is 0 Å². The van der Waals surface area contributed by atoms with E-state index in [1.54, 1.807) is 24.6 Å². The highest BCUT2D eigenvalue weighted by Crippen LogP contribution is 2.32. The number of carboxylic acid groups (broad SMARTS) is 1. The molecule has 0 unspecified atom stereocenters. The molecule has 1 N–H and O–H groups in total. The first-order valence-corrected chi connectivity index (χ1v) is 6.11. The maximum absolute atomic E-state index is 11.6. The molecule has 4 nitrogen and oxygen atoms in total. The van der Waals surface area contributed by atoms with Crippen molar-refractivity contribution in [2.75, 3.05) is 0 Å². The highest BCUT2D eigenvalue weighted by molar-refractivity contribution is 6.07. The number of carboxylic acids is 1. The first kappa shape index (κ1) is 11.7. The quantitative estimate of drug-likeness (QED) is 0.764. The number of nitrogens with zero attached hydrogens (tertiary/aromatic N) is 2. The van der Waals surface area contributed by atoms with E-state index < -0.39 is 11.5 Å². The number of rotatable bonds is 2. The van der Waals surface area contributed by atoms with Crippen LogP contribution in [0.25, 0.3) is 21.9 Å². The summed E-state index contributed by atoms with van der Waals surface area (Å²) in [5.41, 5.74) is 0.551. The number of hydrogen-bond donors (Lipinski definition) is 1. The van der Waals surface area contributed by atoms with Gasteiger partial charge in [-0.3, -0.25) is 0 Å². The van der Waals surface area contributed by atoms with Gasteiger partial charge in [-0.1, -0.05) is 18.2 Å². The summed E-state index contributed by atoms with van der Waals surface area (Å²) in [4.78, 5) is 15.9. The van der Waals surface area contributed by atoms with Crippen molar-refractivity contribution >= 4 is 27.9 Å². The van der Waals surface area contributed by atoms with Crippen LogP contribution in [0.15, 0.2) is 42.6 Å². The zero-order valence-corrected chi connectivity index (χ0v) is 10.8. The van der Waals surface area contributed by atoms with Gasteiger partial charge in [0.15, 0.2) is 0 Å². The zero-order chi connectivity index (χ0) is 13.6. The Balaban J connectivity index is 2.54. The predicted molar refractivity (Wildman–Crippen MR) is 74.2 cm³/mol. The summed E-state index contributed by atoms with van der Waals surface area (Å²) in [6.07, 6.45) is 1.69. The van der Waals surface area contributed by atoms with Crippen molar-refractivity contribution in [2.24, 2.45) is 0 Å². The molecule has 3 rings (SSSR count). The molecule has 0 amide bonds. The Hall–Kier alpha value is -2.36. The van der Waals surface area contributed by atoms with Crippen molar-refractivity contribution in [2.45, 2.75) is 19.4 Å². The summed E-state index contributed by atoms with van der Waals surface area (Å²) in [6, 6.07) is 11.6. The van der Waals surface area contributed by atoms with Crippen LogP contribution < -0.4 is 0 Å². The van der Waals surface area contributed by atoms with Crippen LogP contribution in [0.4, 0.5) is 0 Å². The smallest absolute Gasteiger partial charge is 0.329 e. The molecule has 0 aliphatic heterocycles. The minimum atomic E-state index is -1.05. The summed E-state index contributed by atoms with van der Waals surface area (Å²) in [5.74, 6) is -0.874. The van der Waals surface area contributed by atoms with Gasteiger partial charge in [-0.05, 0) is 32.0 Å². The summed E-state index contributed by atoms with van der Waals surface area (Å²) in [7, 11) is 0. The number of benzene rings is 1. The number of aromatic nitrogens is 2. The normalized spacial score (nSPS) is 12.1. The summed E-state index contributed by atoms with van der Waals surface area (Å²) < 4.78 is 1.79. The van der Waals surface area contributed by atoms with Crippen LogP contribution in [0.5, 0.6) is 0 Å². The predicted octanol–water partition coefficient (Wildman–Crippen LogP) is 3.01. The lowest BCUT2D eigenvalue weighted by Crippen LogP contribution is -2.35. The third-order valence-corrected chi connectivity index (χ3v) is 3.52. The molecular weight excluding hydrogens is 240 g/mol. The fraction of sp³-hybridized carbons (Fsp3) is 0.200. The van der Waals surface area contributed by atoms with Gasteiger partial charge in [-0.2, -0.15) is 0 Å². The second-order valence-electron chi connectivity index (χ2n) is 5.09. The van der Waals surface area contributed by atoms with Gasteiger partial charge in [0.05, 0.1) is 5.52 Å². The van der Waals surface area contributed by atoms with Crippen LogP contribution in [0.2, 0.25) is 0 Å². The Bertz CT molecular complexity index is 734. The van der Waals surface area contributed by atoms with E-state index in [0.29, 0.717) is 5.65 Å². The topological polar surface area (TPSA) is 55.1 Å². The number of para-hydroxylation sites is 1. The van der Waals surface area contributed by atoms with E-state index in [4.69, 9.17) is 0 Å². The number of pyridine rings is 1. The fourth-order valence-corrected chi connectivity index (χ4v) is 2.46. The Morgan fingerprint density at radius 1 is 1.16 bits per heavy atom. The average Bonchev–Trinajstić information content (AvgIpc) is 2.73. The van der Waals surface area contributed by atoms with Crippen LogP contribution in [-0.2, 0) is 10.3 Å². The highest BCUT2D eigenvalue weighted by atomic mass is 16.4. The van der Waals surface area contributed by atoms with E-state index in [9.17, 15) is 9.90 Å². The van der Waals surface area contributed by atoms with Crippen LogP contribution in [0.3, 0.4) is 0 Å². The molecule has 0 saturated carbocycles. The lowest BCUT2D eigenvalue weighted by atomic mass is 10.1. The minimum absolute atomic E-state index is 0.705. The van der Waals surface area contributed by atoms with Crippen molar-refractivity contribution in [1.82, 2.24) is 9.55 Å². The molecule has 0 fully saturated rings. The minimum Gasteiger partial charge on any atom is -0.480 e. The third-order valence-electron chi connectivity index (χ3n) is 3.52. The molecule has 4 heteroatoms. The van der Waals surface area contributed by atoms with E-state index in [1.807, 2.05) is 36.4 Å². The first-order valence-electron chi connectivity index (χ1n) is 6.11. The molecule has 3 aromatic rings. The third kappa shape index (κ3) is 1.53. The molecule has 0 bridgehead atoms. The Morgan fingerprint density at radius 2 is 1.84 bits per heavy atom. The van der Waals surface area contributed by atoms with E-state index in [2.05, 4.69) is 4.98 Å². The lowest BCUT2D eigenvalue weighted by molar-refractivity contribution is -0.145. The average molecular weight is 254 g/mol. The molecule has 0 radical (unpaired) electrons. The van der Waals surface area contributed by atoms with Crippen molar-refractivity contribution in [3.63, 3.8) is 0 Å². The molecule has 96 valence electrons. The molecule has 1 aromatic carbocycles. The van der Waals surface area contributed by atoms with Gasteiger partial charge in [0.1, 0.15) is 11.2 Å². The lowest BCUT2D eigenvalue weighted by Gasteiger charge is -2.23. The Labute approximate surface area is 110 Å². The summed E-state index contributed by atoms with van der Waals surface area (Å²) >= 11 is 0. The maximum Gasteiger partial charge on any atom is 0.329 e. The van der Waals surface area contributed by atoms with Gasteiger partial charge in [0.2, 0.25) is 0 Å². The van der Waals surface area contributed by atoms with Gasteiger partial charge in [0, 0.05) is 17.0 Å². The SMILES string of the molecule is CC(C)(C(=O)O)n1c2ccccc2c2cccnc21. The van der Waals surface area contributed by atoms with Gasteiger partial charge in [-0.15, -0.1) is 0 Å². The monoisotopic (exact) mass is 254 g/mol. The van der Waals surface area contributed by atoms with Crippen molar-refractivity contribution in [3.8, 4) is 0 Å². The first-order chi connectivity index (χ1) is 9.03. The maximum atomic E-state index is 11.6. The van der Waals surface area contributed by atoms with E-state index in [1.165, 1.54) is 0 Å². The fourth-order valence-electron chi connectivity index (χ4n) is 2.46. The van der Waals surface area contributed by atoms with Crippen molar-refractivity contribution in [1.29, 1.82) is 0 Å². The molecular formula is C15H14N2O2. The van der Waals surface area contributed by atoms with E-state index >= 15 is 0 Å². The Kier molecular flexibility index (Phi) is 2.35. The number of fused-ring (bicyclic) bond motifs is 3. The van der Waals surface area contributed by atoms with Crippen molar-refractivity contribution in [3.05, 3.63) is 42.6 Å². The zero-order valence-electron chi connectivity index (χ0n) is 10.8. The van der Waals surface area contributed by atoms with Gasteiger partial charge < -0.3 is 9.67 Å². The highest BCUT2D eigenvalue weighted by Gasteiger charge is 2.32. The second-order valence-corrected chi connectivity index (χ2v) is 5.09. The van der Waals surface area contributed by atoms with Crippen LogP contribution >= 0.6 is 0 Å². The molecule has 2 aromatic heterocycles. The number of aliphatic carboxylic acids is 1. The van der Waals surface area contributed by atoms with Gasteiger partial charge >= 0.3 is 5.97 Å². The molecule has 0 saturated heterocycles. The van der Waals surface area contributed by atoms with Crippen LogP contribution in [0.1, 0.15) is 13.8 Å². The van der Waals surface area contributed by atoms with Crippen molar-refractivity contribution < 1.29 is 9.90 Å². The molecule has 0 aliphatic carbocycles. The molecule has 2 heterocycles. The summed E-state index contributed by atoms with van der Waals surface area (Å²) in [6.45, 7) is 3.38. The Morgan fingerprint density at radius 3 is 2.58 bits per heavy atom. The van der Waals surface area contributed by atoms with Crippen LogP contribution in [-0.4, -0.2) is 20.6 Å². The van der Waals surface area contributed by atoms with E-state index in [-0.39, 0.29) is 0 Å². The largest absolute Gasteiger partial charge is 0.480 e. The van der Waals surface area contributed by atoms with Gasteiger partial charge in [-0.25, -0.2) is 9.78 Å². The molecule has 0 spiro atoms.